The number of rotatable bonds is 3. The molecule has 0 bridgehead atoms. The van der Waals surface area contributed by atoms with Crippen molar-refractivity contribution in [3.8, 4) is 0 Å². The molecule has 0 spiro atoms. The molecule has 1 aliphatic rings. The SMILES string of the molecule is CCn1ncc(N)c1C(=O)NN1CCN(C)CC1. The minimum absolute atomic E-state index is 0.184. The predicted molar refractivity (Wildman–Crippen MR) is 68.8 cm³/mol. The molecule has 2 heterocycles. The lowest BCUT2D eigenvalue weighted by atomic mass is 10.3. The Hall–Kier alpha value is -1.60. The number of hydrazine groups is 1. The molecule has 7 heteroatoms. The lowest BCUT2D eigenvalue weighted by molar-refractivity contribution is 0.0653. The Labute approximate surface area is 106 Å². The maximum Gasteiger partial charge on any atom is 0.285 e. The third-order valence-corrected chi connectivity index (χ3v) is 3.15. The Morgan fingerprint density at radius 1 is 1.44 bits per heavy atom. The van der Waals surface area contributed by atoms with Crippen molar-refractivity contribution in [2.45, 2.75) is 13.5 Å². The van der Waals surface area contributed by atoms with Gasteiger partial charge in [0.1, 0.15) is 0 Å². The van der Waals surface area contributed by atoms with E-state index in [1.54, 1.807) is 4.68 Å². The highest BCUT2D eigenvalue weighted by Gasteiger charge is 2.20. The normalized spacial score (nSPS) is 17.9. The number of nitrogens with two attached hydrogens (primary N) is 1. The van der Waals surface area contributed by atoms with Crippen LogP contribution >= 0.6 is 0 Å². The van der Waals surface area contributed by atoms with E-state index in [2.05, 4.69) is 22.5 Å². The topological polar surface area (TPSA) is 79.4 Å². The molecule has 0 saturated carbocycles. The van der Waals surface area contributed by atoms with Gasteiger partial charge in [-0.15, -0.1) is 0 Å². The summed E-state index contributed by atoms with van der Waals surface area (Å²) in [7, 11) is 2.07. The van der Waals surface area contributed by atoms with E-state index in [0.29, 0.717) is 17.9 Å². The average Bonchev–Trinajstić information content (AvgIpc) is 2.73. The number of piperazine rings is 1. The minimum atomic E-state index is -0.184. The molecule has 0 radical (unpaired) electrons. The van der Waals surface area contributed by atoms with Crippen molar-refractivity contribution in [3.63, 3.8) is 0 Å². The molecule has 1 aromatic heterocycles. The van der Waals surface area contributed by atoms with Gasteiger partial charge in [-0.2, -0.15) is 5.10 Å². The molecular weight excluding hydrogens is 232 g/mol. The summed E-state index contributed by atoms with van der Waals surface area (Å²) in [5, 5.41) is 5.99. The van der Waals surface area contributed by atoms with Gasteiger partial charge in [-0.25, -0.2) is 5.01 Å². The number of carbonyl (C=O) groups excluding carboxylic acids is 1. The van der Waals surface area contributed by atoms with Gasteiger partial charge in [-0.05, 0) is 14.0 Å². The zero-order valence-electron chi connectivity index (χ0n) is 10.9. The van der Waals surface area contributed by atoms with Crippen molar-refractivity contribution >= 4 is 11.6 Å². The summed E-state index contributed by atoms with van der Waals surface area (Å²) in [6.45, 7) is 6.10. The second-order valence-electron chi connectivity index (χ2n) is 4.50. The molecule has 100 valence electrons. The summed E-state index contributed by atoms with van der Waals surface area (Å²) in [6, 6.07) is 0. The number of anilines is 1. The van der Waals surface area contributed by atoms with Gasteiger partial charge in [0.2, 0.25) is 0 Å². The van der Waals surface area contributed by atoms with E-state index in [1.165, 1.54) is 6.20 Å². The fraction of sp³-hybridized carbons (Fsp3) is 0.636. The molecule has 1 saturated heterocycles. The molecular formula is C11H20N6O. The summed E-state index contributed by atoms with van der Waals surface area (Å²) in [5.74, 6) is -0.184. The molecule has 7 nitrogen and oxygen atoms in total. The quantitative estimate of drug-likeness (QED) is 0.749. The fourth-order valence-electron chi connectivity index (χ4n) is 2.00. The number of nitrogens with one attached hydrogen (secondary N) is 1. The van der Waals surface area contributed by atoms with Crippen molar-refractivity contribution in [1.82, 2.24) is 25.1 Å². The summed E-state index contributed by atoms with van der Waals surface area (Å²) in [5.41, 5.74) is 9.52. The van der Waals surface area contributed by atoms with Crippen LogP contribution in [0.2, 0.25) is 0 Å². The highest BCUT2D eigenvalue weighted by molar-refractivity contribution is 5.97. The smallest absolute Gasteiger partial charge is 0.285 e. The average molecular weight is 252 g/mol. The number of nitrogens with zero attached hydrogens (tertiary/aromatic N) is 4. The number of hydrogen-bond acceptors (Lipinski definition) is 5. The number of hydrogen-bond donors (Lipinski definition) is 2. The molecule has 1 amide bonds. The van der Waals surface area contributed by atoms with Crippen molar-refractivity contribution in [3.05, 3.63) is 11.9 Å². The van der Waals surface area contributed by atoms with Gasteiger partial charge in [-0.1, -0.05) is 0 Å². The first-order valence-electron chi connectivity index (χ1n) is 6.17. The Morgan fingerprint density at radius 2 is 2.11 bits per heavy atom. The van der Waals surface area contributed by atoms with Crippen molar-refractivity contribution in [1.29, 1.82) is 0 Å². The van der Waals surface area contributed by atoms with Crippen LogP contribution in [0.3, 0.4) is 0 Å². The van der Waals surface area contributed by atoms with E-state index < -0.39 is 0 Å². The van der Waals surface area contributed by atoms with Gasteiger partial charge < -0.3 is 10.6 Å². The molecule has 1 aromatic rings. The lowest BCUT2D eigenvalue weighted by Gasteiger charge is -2.32. The van der Waals surface area contributed by atoms with Crippen LogP contribution in [-0.2, 0) is 6.54 Å². The highest BCUT2D eigenvalue weighted by Crippen LogP contribution is 2.10. The van der Waals surface area contributed by atoms with Crippen LogP contribution in [0.4, 0.5) is 5.69 Å². The van der Waals surface area contributed by atoms with Gasteiger partial charge in [0.15, 0.2) is 5.69 Å². The van der Waals surface area contributed by atoms with Crippen molar-refractivity contribution in [2.24, 2.45) is 0 Å². The summed E-state index contributed by atoms with van der Waals surface area (Å²) in [4.78, 5) is 14.4. The predicted octanol–water partition coefficient (Wildman–Crippen LogP) is -0.623. The van der Waals surface area contributed by atoms with Crippen LogP contribution in [0.5, 0.6) is 0 Å². The first-order chi connectivity index (χ1) is 8.61. The Morgan fingerprint density at radius 3 is 2.72 bits per heavy atom. The largest absolute Gasteiger partial charge is 0.396 e. The fourth-order valence-corrected chi connectivity index (χ4v) is 2.00. The molecule has 0 atom stereocenters. The van der Waals surface area contributed by atoms with Gasteiger partial charge in [0.05, 0.1) is 11.9 Å². The Kier molecular flexibility index (Phi) is 3.83. The van der Waals surface area contributed by atoms with Crippen molar-refractivity contribution < 1.29 is 4.79 Å². The Balaban J connectivity index is 2.01. The van der Waals surface area contributed by atoms with E-state index in [9.17, 15) is 4.79 Å². The van der Waals surface area contributed by atoms with E-state index in [0.717, 1.165) is 26.2 Å². The molecule has 0 unspecified atom stereocenters. The molecule has 0 aliphatic carbocycles. The highest BCUT2D eigenvalue weighted by atomic mass is 16.2. The van der Waals surface area contributed by atoms with Crippen LogP contribution in [0.1, 0.15) is 17.4 Å². The first kappa shape index (κ1) is 12.8. The van der Waals surface area contributed by atoms with E-state index in [1.807, 2.05) is 11.9 Å². The monoisotopic (exact) mass is 252 g/mol. The molecule has 1 aliphatic heterocycles. The number of amides is 1. The van der Waals surface area contributed by atoms with Crippen molar-refractivity contribution in [2.75, 3.05) is 39.0 Å². The van der Waals surface area contributed by atoms with Crippen LogP contribution in [0.15, 0.2) is 6.20 Å². The number of aromatic nitrogens is 2. The maximum atomic E-state index is 12.1. The lowest BCUT2D eigenvalue weighted by Crippen LogP contribution is -2.52. The standard InChI is InChI=1S/C11H20N6O/c1-3-17-10(9(12)8-13-17)11(18)14-16-6-4-15(2)5-7-16/h8H,3-7,12H2,1-2H3,(H,14,18). The number of aryl methyl sites for hydroxylation is 1. The zero-order valence-corrected chi connectivity index (χ0v) is 10.9. The van der Waals surface area contributed by atoms with Gasteiger partial charge in [-0.3, -0.25) is 14.9 Å². The molecule has 3 N–H and O–H groups in total. The molecule has 0 aromatic carbocycles. The van der Waals surface area contributed by atoms with Gasteiger partial charge in [0.25, 0.3) is 5.91 Å². The maximum absolute atomic E-state index is 12.1. The van der Waals surface area contributed by atoms with Gasteiger partial charge >= 0.3 is 0 Å². The van der Waals surface area contributed by atoms with Gasteiger partial charge in [0, 0.05) is 32.7 Å². The molecule has 2 rings (SSSR count). The van der Waals surface area contributed by atoms with E-state index in [4.69, 9.17) is 5.73 Å². The van der Waals surface area contributed by atoms with Crippen LogP contribution in [0, 0.1) is 0 Å². The zero-order chi connectivity index (χ0) is 13.1. The number of carbonyl (C=O) groups is 1. The summed E-state index contributed by atoms with van der Waals surface area (Å²) in [6.07, 6.45) is 1.52. The molecule has 1 fully saturated rings. The minimum Gasteiger partial charge on any atom is -0.396 e. The van der Waals surface area contributed by atoms with Crippen LogP contribution in [0.25, 0.3) is 0 Å². The number of likely N-dealkylation sites (N-methyl/N-ethyl adjacent to an activating group) is 1. The summed E-state index contributed by atoms with van der Waals surface area (Å²) < 4.78 is 1.61. The second-order valence-corrected chi connectivity index (χ2v) is 4.50. The van der Waals surface area contributed by atoms with E-state index >= 15 is 0 Å². The van der Waals surface area contributed by atoms with E-state index in [-0.39, 0.29) is 5.91 Å². The first-order valence-corrected chi connectivity index (χ1v) is 6.17. The third-order valence-electron chi connectivity index (χ3n) is 3.15. The molecule has 18 heavy (non-hydrogen) atoms. The second kappa shape index (κ2) is 5.36. The third kappa shape index (κ3) is 2.62. The van der Waals surface area contributed by atoms with Crippen LogP contribution < -0.4 is 11.2 Å². The Bertz CT molecular complexity index is 421. The summed E-state index contributed by atoms with van der Waals surface area (Å²) >= 11 is 0. The number of nitrogen functional groups attached to an aromatic ring is 1. The van der Waals surface area contributed by atoms with Crippen LogP contribution in [-0.4, -0.2) is 58.8 Å².